The van der Waals surface area contributed by atoms with Crippen molar-refractivity contribution in [3.63, 3.8) is 0 Å². The van der Waals surface area contributed by atoms with E-state index >= 15 is 0 Å². The molecule has 2 heteroatoms. The molecule has 0 heterocycles. The number of unbranched alkanes of at least 4 members (excludes halogenated alkanes) is 1. The molecule has 0 unspecified atom stereocenters. The molecular formula is C39H40N2. The zero-order valence-corrected chi connectivity index (χ0v) is 24.7. The molecule has 0 saturated carbocycles. The van der Waals surface area contributed by atoms with Crippen LogP contribution in [0.25, 0.3) is 11.1 Å². The Morgan fingerprint density at radius 1 is 0.561 bits per heavy atom. The summed E-state index contributed by atoms with van der Waals surface area (Å²) in [5.41, 5.74) is 8.68. The fraction of sp³-hybridized carbons (Fsp3) is 0.179. The van der Waals surface area contributed by atoms with E-state index < -0.39 is 0 Å². The Kier molecular flexibility index (Phi) is 13.3. The van der Waals surface area contributed by atoms with E-state index in [0.717, 1.165) is 52.9 Å². The average molecular weight is 537 g/mol. The maximum atomic E-state index is 4.58. The van der Waals surface area contributed by atoms with Gasteiger partial charge in [0.1, 0.15) is 0 Å². The second-order valence-corrected chi connectivity index (χ2v) is 9.06. The molecule has 41 heavy (non-hydrogen) atoms. The van der Waals surface area contributed by atoms with Gasteiger partial charge in [-0.15, -0.1) is 0 Å². The molecule has 0 bridgehead atoms. The summed E-state index contributed by atoms with van der Waals surface area (Å²) >= 11 is 0. The summed E-state index contributed by atoms with van der Waals surface area (Å²) < 4.78 is 0. The van der Waals surface area contributed by atoms with Gasteiger partial charge in [0.15, 0.2) is 0 Å². The van der Waals surface area contributed by atoms with Gasteiger partial charge < -0.3 is 0 Å². The maximum Gasteiger partial charge on any atom is 0.0655 e. The van der Waals surface area contributed by atoms with Gasteiger partial charge in [-0.05, 0) is 52.8 Å². The summed E-state index contributed by atoms with van der Waals surface area (Å²) in [6.07, 6.45) is 6.98. The first-order chi connectivity index (χ1) is 20.3. The van der Waals surface area contributed by atoms with Crippen LogP contribution in [0.1, 0.15) is 55.4 Å². The molecule has 0 spiro atoms. The lowest BCUT2D eigenvalue weighted by Gasteiger charge is -2.09. The molecule has 0 aliphatic rings. The van der Waals surface area contributed by atoms with Gasteiger partial charge >= 0.3 is 0 Å². The Labute approximate surface area is 246 Å². The van der Waals surface area contributed by atoms with Crippen LogP contribution in [0.5, 0.6) is 0 Å². The lowest BCUT2D eigenvalue weighted by molar-refractivity contribution is 0.898. The highest BCUT2D eigenvalue weighted by Gasteiger charge is 2.06. The minimum absolute atomic E-state index is 0.794. The number of rotatable bonds is 9. The van der Waals surface area contributed by atoms with Crippen molar-refractivity contribution >= 4 is 22.6 Å². The zero-order chi connectivity index (χ0) is 29.1. The third kappa shape index (κ3) is 9.75. The predicted octanol–water partition coefficient (Wildman–Crippen LogP) is 9.59. The largest absolute Gasteiger partial charge is 0.288 e. The summed E-state index contributed by atoms with van der Waals surface area (Å²) in [7, 11) is 3.68. The Bertz CT molecular complexity index is 1500. The van der Waals surface area contributed by atoms with Crippen molar-refractivity contribution < 1.29 is 0 Å². The van der Waals surface area contributed by atoms with Gasteiger partial charge in [-0.2, -0.15) is 0 Å². The highest BCUT2D eigenvalue weighted by atomic mass is 14.7. The van der Waals surface area contributed by atoms with Crippen LogP contribution in [0, 0.1) is 11.8 Å². The minimum Gasteiger partial charge on any atom is -0.288 e. The van der Waals surface area contributed by atoms with Crippen molar-refractivity contribution in [3.05, 3.63) is 156 Å². The van der Waals surface area contributed by atoms with E-state index in [4.69, 9.17) is 0 Å². The van der Waals surface area contributed by atoms with Gasteiger partial charge in [0.2, 0.25) is 0 Å². The lowest BCUT2D eigenvalue weighted by Crippen LogP contribution is -1.99. The normalized spacial score (nSPS) is 12.1. The molecule has 0 aromatic heterocycles. The van der Waals surface area contributed by atoms with Gasteiger partial charge in [0.25, 0.3) is 0 Å². The van der Waals surface area contributed by atoms with Gasteiger partial charge in [-0.1, -0.05) is 147 Å². The van der Waals surface area contributed by atoms with E-state index in [9.17, 15) is 0 Å². The second-order valence-electron chi connectivity index (χ2n) is 9.06. The summed E-state index contributed by atoms with van der Waals surface area (Å²) in [5.74, 6) is 6.89. The van der Waals surface area contributed by atoms with E-state index in [2.05, 4.69) is 113 Å². The molecule has 0 saturated heterocycles. The zero-order valence-electron chi connectivity index (χ0n) is 24.7. The number of benzene rings is 4. The molecule has 206 valence electrons. The molecule has 0 amide bonds. The van der Waals surface area contributed by atoms with E-state index in [0.29, 0.717) is 0 Å². The molecule has 4 aromatic rings. The topological polar surface area (TPSA) is 24.7 Å². The summed E-state index contributed by atoms with van der Waals surface area (Å²) in [4.78, 5) is 9.12. The first-order valence-electron chi connectivity index (χ1n) is 14.3. The maximum absolute atomic E-state index is 4.58. The van der Waals surface area contributed by atoms with E-state index in [1.807, 2.05) is 70.4 Å². The number of hydrogen-bond donors (Lipinski definition) is 0. The fourth-order valence-electron chi connectivity index (χ4n) is 4.36. The first-order valence-corrected chi connectivity index (χ1v) is 14.3. The third-order valence-electron chi connectivity index (χ3n) is 6.41. The SMILES string of the molecule is CC.CN=C(/C=C(\C#CCCC/C(=C\C(=NC)c1ccccc1)c1ccccc1)c1ccccc1)c1ccccc1. The molecule has 0 radical (unpaired) electrons. The predicted molar refractivity (Wildman–Crippen MR) is 180 cm³/mol. The first kappa shape index (κ1) is 30.8. The standard InChI is InChI=1S/C37H34N2.C2H6/c1-38-36(32-22-12-5-13-23-32)28-34(30-18-8-3-9-19-30)26-16-7-17-27-35(31-20-10-4-11-21-31)29-37(39-2)33-24-14-6-15-25-33;1-2/h3-6,8-15,18-25,28-29H,7,16,26H2,1-2H3;1-2H3/b34-28+,35-29+,38-36?,39-37?;. The molecule has 4 rings (SSSR count). The van der Waals surface area contributed by atoms with Crippen LogP contribution < -0.4 is 0 Å². The Hall–Kier alpha value is -4.74. The van der Waals surface area contributed by atoms with E-state index in [1.165, 1.54) is 11.1 Å². The van der Waals surface area contributed by atoms with Gasteiger partial charge in [0.05, 0.1) is 11.4 Å². The average Bonchev–Trinajstić information content (AvgIpc) is 3.06. The van der Waals surface area contributed by atoms with Crippen LogP contribution in [0.4, 0.5) is 0 Å². The van der Waals surface area contributed by atoms with Gasteiger partial charge in [-0.25, -0.2) is 0 Å². The van der Waals surface area contributed by atoms with Crippen molar-refractivity contribution in [2.45, 2.75) is 33.1 Å². The second kappa shape index (κ2) is 17.8. The Morgan fingerprint density at radius 2 is 0.976 bits per heavy atom. The number of hydrogen-bond acceptors (Lipinski definition) is 2. The Morgan fingerprint density at radius 3 is 1.44 bits per heavy atom. The molecule has 0 aliphatic heterocycles. The fourth-order valence-corrected chi connectivity index (χ4v) is 4.36. The molecule has 4 aromatic carbocycles. The van der Waals surface area contributed by atoms with E-state index in [-0.39, 0.29) is 0 Å². The van der Waals surface area contributed by atoms with Crippen LogP contribution in [0.3, 0.4) is 0 Å². The van der Waals surface area contributed by atoms with E-state index in [1.54, 1.807) is 0 Å². The van der Waals surface area contributed by atoms with Crippen molar-refractivity contribution in [1.29, 1.82) is 0 Å². The van der Waals surface area contributed by atoms with Gasteiger partial charge in [-0.3, -0.25) is 9.98 Å². The summed E-state index contributed by atoms with van der Waals surface area (Å²) in [6.45, 7) is 4.00. The number of nitrogens with zero attached hydrogens (tertiary/aromatic N) is 2. The molecular weight excluding hydrogens is 496 g/mol. The van der Waals surface area contributed by atoms with Crippen LogP contribution >= 0.6 is 0 Å². The Balaban J connectivity index is 0.00000226. The summed E-state index contributed by atoms with van der Waals surface area (Å²) in [5, 5.41) is 0. The van der Waals surface area contributed by atoms with Crippen molar-refractivity contribution in [3.8, 4) is 11.8 Å². The number of aliphatic imine (C=N–C) groups is 2. The lowest BCUT2D eigenvalue weighted by atomic mass is 9.96. The van der Waals surface area contributed by atoms with Crippen LogP contribution in [0.15, 0.2) is 143 Å². The molecule has 0 N–H and O–H groups in total. The monoisotopic (exact) mass is 536 g/mol. The van der Waals surface area contributed by atoms with Crippen molar-refractivity contribution in [2.75, 3.05) is 14.1 Å². The quantitative estimate of drug-likeness (QED) is 0.116. The summed E-state index contributed by atoms with van der Waals surface area (Å²) in [6, 6.07) is 41.5. The molecule has 0 aliphatic carbocycles. The van der Waals surface area contributed by atoms with Crippen molar-refractivity contribution in [2.24, 2.45) is 9.98 Å². The highest BCUT2D eigenvalue weighted by molar-refractivity contribution is 6.14. The van der Waals surface area contributed by atoms with Crippen LogP contribution in [-0.4, -0.2) is 25.5 Å². The highest BCUT2D eigenvalue weighted by Crippen LogP contribution is 2.22. The minimum atomic E-state index is 0.794. The molecule has 0 atom stereocenters. The number of allylic oxidation sites excluding steroid dienone is 4. The molecule has 0 fully saturated rings. The van der Waals surface area contributed by atoms with Crippen LogP contribution in [-0.2, 0) is 0 Å². The third-order valence-corrected chi connectivity index (χ3v) is 6.41. The van der Waals surface area contributed by atoms with Gasteiger partial charge in [0, 0.05) is 26.1 Å². The van der Waals surface area contributed by atoms with Crippen molar-refractivity contribution in [1.82, 2.24) is 0 Å². The van der Waals surface area contributed by atoms with Crippen LogP contribution in [0.2, 0.25) is 0 Å². The molecule has 2 nitrogen and oxygen atoms in total. The smallest absolute Gasteiger partial charge is 0.0655 e.